The lowest BCUT2D eigenvalue weighted by atomic mass is 9.85. The molecule has 0 aliphatic rings. The van der Waals surface area contributed by atoms with Crippen LogP contribution in [0.3, 0.4) is 0 Å². The number of hydrogen-bond acceptors (Lipinski definition) is 1. The zero-order valence-electron chi connectivity index (χ0n) is 15.7. The molecule has 4 aromatic rings. The lowest BCUT2D eigenvalue weighted by Gasteiger charge is -2.26. The Labute approximate surface area is 159 Å². The van der Waals surface area contributed by atoms with E-state index in [-0.39, 0.29) is 16.3 Å². The van der Waals surface area contributed by atoms with Crippen molar-refractivity contribution in [3.63, 3.8) is 0 Å². The number of halogens is 3. The van der Waals surface area contributed by atoms with E-state index in [1.165, 1.54) is 29.0 Å². The maximum atomic E-state index is 13.8. The number of benzene rings is 2. The number of pyridine rings is 1. The van der Waals surface area contributed by atoms with Crippen LogP contribution in [-0.2, 0) is 11.6 Å². The van der Waals surface area contributed by atoms with Crippen LogP contribution in [-0.4, -0.2) is 9.55 Å². The van der Waals surface area contributed by atoms with Gasteiger partial charge in [-0.25, -0.2) is 0 Å². The largest absolute Gasteiger partial charge is 0.418 e. The number of para-hydroxylation sites is 1. The second-order valence-electron chi connectivity index (χ2n) is 7.93. The van der Waals surface area contributed by atoms with Gasteiger partial charge in [0.05, 0.1) is 16.8 Å². The van der Waals surface area contributed by atoms with Crippen LogP contribution in [0.25, 0.3) is 27.5 Å². The first kappa shape index (κ1) is 18.3. The highest BCUT2D eigenvalue weighted by atomic mass is 19.4. The first-order valence-corrected chi connectivity index (χ1v) is 8.91. The summed E-state index contributed by atoms with van der Waals surface area (Å²) in [5.74, 6) is 0. The second-order valence-corrected chi connectivity index (χ2v) is 7.93. The molecule has 2 aromatic heterocycles. The lowest BCUT2D eigenvalue weighted by molar-refractivity contribution is -0.136. The molecular weight excluding hydrogens is 365 g/mol. The summed E-state index contributed by atoms with van der Waals surface area (Å²) in [6.07, 6.45) is -1.35. The lowest BCUT2D eigenvalue weighted by Crippen LogP contribution is -2.18. The minimum Gasteiger partial charge on any atom is -0.361 e. The number of fused-ring (bicyclic) bond motifs is 2. The number of aromatic amines is 1. The van der Waals surface area contributed by atoms with E-state index in [1.807, 2.05) is 39.0 Å². The van der Waals surface area contributed by atoms with E-state index < -0.39 is 17.2 Å². The smallest absolute Gasteiger partial charge is 0.361 e. The Kier molecular flexibility index (Phi) is 3.93. The maximum Gasteiger partial charge on any atom is 0.418 e. The third-order valence-electron chi connectivity index (χ3n) is 4.96. The van der Waals surface area contributed by atoms with Crippen molar-refractivity contribution in [1.82, 2.24) is 9.55 Å². The van der Waals surface area contributed by atoms with Gasteiger partial charge in [0.2, 0.25) is 0 Å². The standard InChI is InChI=1S/C22H19F3N2O/c1-21(2,3)16-11-13-7-9-26-17(13)12-18(16)27-10-8-19(28)14-5-4-6-15(20(14)27)22(23,24)25/h4-12,26H,1-3H3. The number of nitrogens with zero attached hydrogens (tertiary/aromatic N) is 1. The fourth-order valence-corrected chi connectivity index (χ4v) is 3.63. The van der Waals surface area contributed by atoms with E-state index in [1.54, 1.807) is 6.20 Å². The summed E-state index contributed by atoms with van der Waals surface area (Å²) in [5, 5.41) is 1.03. The number of nitrogens with one attached hydrogen (secondary N) is 1. The van der Waals surface area contributed by atoms with Crippen molar-refractivity contribution < 1.29 is 13.2 Å². The van der Waals surface area contributed by atoms with Crippen molar-refractivity contribution in [2.45, 2.75) is 32.4 Å². The van der Waals surface area contributed by atoms with Crippen molar-refractivity contribution >= 4 is 21.8 Å². The van der Waals surface area contributed by atoms with Crippen LogP contribution >= 0.6 is 0 Å². The Bertz CT molecular complexity index is 1260. The van der Waals surface area contributed by atoms with Gasteiger partial charge >= 0.3 is 6.18 Å². The molecule has 144 valence electrons. The summed E-state index contributed by atoms with van der Waals surface area (Å²) in [6, 6.07) is 10.8. The van der Waals surface area contributed by atoms with Gasteiger partial charge in [-0.1, -0.05) is 26.8 Å². The molecule has 0 aliphatic carbocycles. The molecule has 4 rings (SSSR count). The number of rotatable bonds is 1. The molecule has 28 heavy (non-hydrogen) atoms. The molecule has 0 amide bonds. The van der Waals surface area contributed by atoms with Gasteiger partial charge in [-0.2, -0.15) is 13.2 Å². The minimum atomic E-state index is -4.58. The molecule has 2 heterocycles. The van der Waals surface area contributed by atoms with Crippen molar-refractivity contribution in [3.8, 4) is 5.69 Å². The molecule has 0 aliphatic heterocycles. The van der Waals surface area contributed by atoms with Crippen LogP contribution in [0.5, 0.6) is 0 Å². The van der Waals surface area contributed by atoms with Gasteiger partial charge in [0.1, 0.15) is 0 Å². The predicted octanol–water partition coefficient (Wildman–Crippen LogP) is 5.79. The minimum absolute atomic E-state index is 0.0452. The predicted molar refractivity (Wildman–Crippen MR) is 105 cm³/mol. The zero-order valence-corrected chi connectivity index (χ0v) is 15.7. The Balaban J connectivity index is 2.19. The van der Waals surface area contributed by atoms with Crippen LogP contribution in [0, 0.1) is 0 Å². The van der Waals surface area contributed by atoms with Crippen molar-refractivity contribution in [2.75, 3.05) is 0 Å². The van der Waals surface area contributed by atoms with E-state index in [2.05, 4.69) is 4.98 Å². The van der Waals surface area contributed by atoms with Gasteiger partial charge in [-0.05, 0) is 46.7 Å². The molecule has 0 saturated carbocycles. The second kappa shape index (κ2) is 5.99. The van der Waals surface area contributed by atoms with Crippen LogP contribution in [0.1, 0.15) is 31.9 Å². The highest BCUT2D eigenvalue weighted by Gasteiger charge is 2.34. The van der Waals surface area contributed by atoms with Crippen molar-refractivity contribution in [3.05, 3.63) is 76.2 Å². The normalized spacial score (nSPS) is 12.8. The van der Waals surface area contributed by atoms with Crippen molar-refractivity contribution in [2.24, 2.45) is 0 Å². The van der Waals surface area contributed by atoms with Gasteiger partial charge in [-0.3, -0.25) is 4.79 Å². The van der Waals surface area contributed by atoms with Gasteiger partial charge < -0.3 is 9.55 Å². The molecule has 0 bridgehead atoms. The molecule has 6 heteroatoms. The van der Waals surface area contributed by atoms with E-state index >= 15 is 0 Å². The maximum absolute atomic E-state index is 13.8. The fraction of sp³-hybridized carbons (Fsp3) is 0.227. The van der Waals surface area contributed by atoms with Crippen molar-refractivity contribution in [1.29, 1.82) is 0 Å². The van der Waals surface area contributed by atoms with E-state index in [4.69, 9.17) is 0 Å². The quantitative estimate of drug-likeness (QED) is 0.443. The summed E-state index contributed by atoms with van der Waals surface area (Å²) in [4.78, 5) is 15.4. The first-order chi connectivity index (χ1) is 13.1. The highest BCUT2D eigenvalue weighted by Crippen LogP contribution is 2.37. The summed E-state index contributed by atoms with van der Waals surface area (Å²) < 4.78 is 42.8. The number of aromatic nitrogens is 2. The average Bonchev–Trinajstić information content (AvgIpc) is 3.07. The van der Waals surface area contributed by atoms with Gasteiger partial charge in [0, 0.05) is 29.4 Å². The molecule has 0 spiro atoms. The molecular formula is C22H19F3N2O. The van der Waals surface area contributed by atoms with E-state index in [0.29, 0.717) is 5.69 Å². The van der Waals surface area contributed by atoms with E-state index in [9.17, 15) is 18.0 Å². The molecule has 2 aromatic carbocycles. The summed E-state index contributed by atoms with van der Waals surface area (Å²) >= 11 is 0. The summed E-state index contributed by atoms with van der Waals surface area (Å²) in [6.45, 7) is 6.04. The first-order valence-electron chi connectivity index (χ1n) is 8.91. The zero-order chi connectivity index (χ0) is 20.3. The van der Waals surface area contributed by atoms with Crippen LogP contribution in [0.4, 0.5) is 13.2 Å². The van der Waals surface area contributed by atoms with Crippen LogP contribution < -0.4 is 5.43 Å². The van der Waals surface area contributed by atoms with Gasteiger partial charge in [-0.15, -0.1) is 0 Å². The molecule has 0 radical (unpaired) electrons. The van der Waals surface area contributed by atoms with Gasteiger partial charge in [0.25, 0.3) is 0 Å². The molecule has 3 nitrogen and oxygen atoms in total. The molecule has 1 N–H and O–H groups in total. The Hall–Kier alpha value is -3.02. The third-order valence-corrected chi connectivity index (χ3v) is 4.96. The van der Waals surface area contributed by atoms with Gasteiger partial charge in [0.15, 0.2) is 5.43 Å². The monoisotopic (exact) mass is 384 g/mol. The molecule has 0 unspecified atom stereocenters. The molecule has 0 saturated heterocycles. The fourth-order valence-electron chi connectivity index (χ4n) is 3.63. The number of H-pyrrole nitrogens is 1. The van der Waals surface area contributed by atoms with Crippen LogP contribution in [0.2, 0.25) is 0 Å². The molecule has 0 fully saturated rings. The highest BCUT2D eigenvalue weighted by molar-refractivity contribution is 5.88. The Morgan fingerprint density at radius 3 is 2.39 bits per heavy atom. The van der Waals surface area contributed by atoms with E-state index in [0.717, 1.165) is 22.5 Å². The number of hydrogen-bond donors (Lipinski definition) is 1. The average molecular weight is 384 g/mol. The summed E-state index contributed by atoms with van der Waals surface area (Å²) in [7, 11) is 0. The summed E-state index contributed by atoms with van der Waals surface area (Å²) in [5.41, 5.74) is 0.623. The SMILES string of the molecule is CC(C)(C)c1cc2cc[nH]c2cc1-n1ccc(=O)c2cccc(C(F)(F)F)c21. The topological polar surface area (TPSA) is 37.8 Å². The Morgan fingerprint density at radius 2 is 1.71 bits per heavy atom. The number of alkyl halides is 3. The Morgan fingerprint density at radius 1 is 0.964 bits per heavy atom. The third kappa shape index (κ3) is 2.89. The molecule has 0 atom stereocenters. The van der Waals surface area contributed by atoms with Crippen LogP contribution in [0.15, 0.2) is 59.7 Å².